The Labute approximate surface area is 209 Å². The molecule has 5 rings (SSSR count). The second-order valence-electron chi connectivity index (χ2n) is 8.34. The zero-order valence-corrected chi connectivity index (χ0v) is 19.6. The maximum atomic E-state index is 15.0. The number of alkyl halides is 3. The van der Waals surface area contributed by atoms with E-state index in [1.54, 1.807) is 29.1 Å². The van der Waals surface area contributed by atoms with E-state index in [0.717, 1.165) is 12.1 Å². The number of hydrogen-bond donors (Lipinski definition) is 1. The van der Waals surface area contributed by atoms with Crippen molar-refractivity contribution in [1.82, 2.24) is 19.7 Å². The first-order chi connectivity index (χ1) is 17.7. The maximum absolute atomic E-state index is 15.0. The summed E-state index contributed by atoms with van der Waals surface area (Å²) < 4.78 is 55.4. The molecule has 1 aliphatic heterocycles. The molecule has 0 unspecified atom stereocenters. The fourth-order valence-corrected chi connectivity index (χ4v) is 4.21. The van der Waals surface area contributed by atoms with E-state index in [0.29, 0.717) is 34.7 Å². The van der Waals surface area contributed by atoms with Crippen molar-refractivity contribution < 1.29 is 22.4 Å². The Kier molecular flexibility index (Phi) is 6.02. The Morgan fingerprint density at radius 3 is 2.43 bits per heavy atom. The Bertz CT molecular complexity index is 1470. The van der Waals surface area contributed by atoms with Crippen LogP contribution in [0.4, 0.5) is 39.7 Å². The first-order valence-electron chi connectivity index (χ1n) is 11.4. The number of halogens is 4. The van der Waals surface area contributed by atoms with Crippen molar-refractivity contribution in [1.29, 1.82) is 0 Å². The predicted octanol–water partition coefficient (Wildman–Crippen LogP) is 5.21. The van der Waals surface area contributed by atoms with Gasteiger partial charge in [0, 0.05) is 43.3 Å². The number of urea groups is 1. The largest absolute Gasteiger partial charge is 0.416 e. The summed E-state index contributed by atoms with van der Waals surface area (Å²) in [5, 5.41) is 4.57. The van der Waals surface area contributed by atoms with Gasteiger partial charge < -0.3 is 5.73 Å². The van der Waals surface area contributed by atoms with Crippen LogP contribution in [-0.2, 0) is 12.7 Å². The quantitative estimate of drug-likeness (QED) is 0.371. The third kappa shape index (κ3) is 4.57. The molecule has 0 saturated carbocycles. The molecule has 0 bridgehead atoms. The predicted molar refractivity (Wildman–Crippen MR) is 130 cm³/mol. The van der Waals surface area contributed by atoms with Crippen molar-refractivity contribution >= 4 is 23.4 Å². The minimum Gasteiger partial charge on any atom is -0.368 e. The lowest BCUT2D eigenvalue weighted by Gasteiger charge is -2.20. The molecular formula is C25H21F4N7O. The topological polar surface area (TPSA) is 93.2 Å². The van der Waals surface area contributed by atoms with Crippen molar-refractivity contribution in [2.75, 3.05) is 28.6 Å². The lowest BCUT2D eigenvalue weighted by Crippen LogP contribution is -2.32. The van der Waals surface area contributed by atoms with Crippen LogP contribution in [0.1, 0.15) is 12.5 Å². The van der Waals surface area contributed by atoms with Crippen LogP contribution in [0.15, 0.2) is 60.9 Å². The van der Waals surface area contributed by atoms with Gasteiger partial charge in [0.15, 0.2) is 0 Å². The van der Waals surface area contributed by atoms with Crippen molar-refractivity contribution in [3.63, 3.8) is 0 Å². The highest BCUT2D eigenvalue weighted by Crippen LogP contribution is 2.36. The van der Waals surface area contributed by atoms with E-state index in [1.807, 2.05) is 6.92 Å². The molecule has 8 nitrogen and oxygen atoms in total. The number of nitrogens with zero attached hydrogens (tertiary/aromatic N) is 6. The molecule has 0 radical (unpaired) electrons. The van der Waals surface area contributed by atoms with Crippen LogP contribution in [0.5, 0.6) is 0 Å². The summed E-state index contributed by atoms with van der Waals surface area (Å²) in [6, 6.07) is 9.82. The van der Waals surface area contributed by atoms with Crippen LogP contribution in [0.25, 0.3) is 22.5 Å². The molecule has 0 atom stereocenters. The number of carbonyl (C=O) groups is 1. The molecule has 1 saturated heterocycles. The van der Waals surface area contributed by atoms with E-state index in [2.05, 4.69) is 15.1 Å². The molecule has 37 heavy (non-hydrogen) atoms. The number of amides is 2. The van der Waals surface area contributed by atoms with Gasteiger partial charge in [0.2, 0.25) is 5.95 Å². The summed E-state index contributed by atoms with van der Waals surface area (Å²) in [4.78, 5) is 23.9. The molecule has 2 N–H and O–H groups in total. The average molecular weight is 511 g/mol. The van der Waals surface area contributed by atoms with Gasteiger partial charge in [0.05, 0.1) is 16.9 Å². The number of rotatable bonds is 5. The monoisotopic (exact) mass is 511 g/mol. The third-order valence-electron chi connectivity index (χ3n) is 6.07. The molecule has 0 spiro atoms. The normalized spacial score (nSPS) is 14.0. The molecule has 0 aliphatic carbocycles. The van der Waals surface area contributed by atoms with Gasteiger partial charge >= 0.3 is 12.2 Å². The Morgan fingerprint density at radius 2 is 1.76 bits per heavy atom. The summed E-state index contributed by atoms with van der Waals surface area (Å²) in [5.74, 6) is -0.526. The number of aryl methyl sites for hydroxylation is 1. The number of nitrogen functional groups attached to an aromatic ring is 1. The second-order valence-corrected chi connectivity index (χ2v) is 8.34. The van der Waals surface area contributed by atoms with Crippen molar-refractivity contribution in [3.05, 3.63) is 72.3 Å². The van der Waals surface area contributed by atoms with Gasteiger partial charge in [0.25, 0.3) is 0 Å². The van der Waals surface area contributed by atoms with Crippen LogP contribution in [0, 0.1) is 5.82 Å². The van der Waals surface area contributed by atoms with Crippen molar-refractivity contribution in [2.45, 2.75) is 19.6 Å². The van der Waals surface area contributed by atoms with Gasteiger partial charge in [-0.15, -0.1) is 0 Å². The molecule has 1 aliphatic rings. The van der Waals surface area contributed by atoms with Gasteiger partial charge in [0.1, 0.15) is 11.5 Å². The zero-order chi connectivity index (χ0) is 26.3. The first-order valence-corrected chi connectivity index (χ1v) is 11.4. The van der Waals surface area contributed by atoms with Crippen LogP contribution < -0.4 is 15.5 Å². The smallest absolute Gasteiger partial charge is 0.368 e. The lowest BCUT2D eigenvalue weighted by atomic mass is 10.0. The maximum Gasteiger partial charge on any atom is 0.416 e. The summed E-state index contributed by atoms with van der Waals surface area (Å²) in [7, 11) is 0. The van der Waals surface area contributed by atoms with Crippen LogP contribution in [-0.4, -0.2) is 38.9 Å². The SMILES string of the molecule is CCn1cc(-c2ccc(F)c(N3CCN(c4ccc(C(F)(F)F)cc4)C3=O)c2)c(-c2ccnc(N)n2)n1. The average Bonchev–Trinajstić information content (AvgIpc) is 3.48. The number of carbonyl (C=O) groups excluding carboxylic acids is 1. The van der Waals surface area contributed by atoms with E-state index in [9.17, 15) is 22.4 Å². The van der Waals surface area contributed by atoms with Gasteiger partial charge in [-0.3, -0.25) is 14.5 Å². The highest BCUT2D eigenvalue weighted by molar-refractivity contribution is 6.06. The Balaban J connectivity index is 1.48. The molecule has 12 heteroatoms. The highest BCUT2D eigenvalue weighted by Gasteiger charge is 2.34. The molecular weight excluding hydrogens is 490 g/mol. The number of aromatic nitrogens is 4. The second kappa shape index (κ2) is 9.19. The fourth-order valence-electron chi connectivity index (χ4n) is 4.21. The number of anilines is 3. The number of hydrogen-bond acceptors (Lipinski definition) is 5. The van der Waals surface area contributed by atoms with Crippen molar-refractivity contribution in [2.24, 2.45) is 0 Å². The molecule has 4 aromatic rings. The molecule has 1 fully saturated rings. The van der Waals surface area contributed by atoms with E-state index in [1.165, 1.54) is 34.2 Å². The van der Waals surface area contributed by atoms with E-state index < -0.39 is 23.6 Å². The lowest BCUT2D eigenvalue weighted by molar-refractivity contribution is -0.137. The van der Waals surface area contributed by atoms with Crippen LogP contribution in [0.3, 0.4) is 0 Å². The minimum atomic E-state index is -4.48. The Hall–Kier alpha value is -4.48. The van der Waals surface area contributed by atoms with E-state index in [-0.39, 0.29) is 24.7 Å². The van der Waals surface area contributed by atoms with Gasteiger partial charge in [-0.25, -0.2) is 19.2 Å². The van der Waals surface area contributed by atoms with Gasteiger partial charge in [-0.05, 0) is 55.0 Å². The summed E-state index contributed by atoms with van der Waals surface area (Å²) in [6.07, 6.45) is -1.17. The van der Waals surface area contributed by atoms with Crippen molar-refractivity contribution in [3.8, 4) is 22.5 Å². The van der Waals surface area contributed by atoms with Gasteiger partial charge in [-0.2, -0.15) is 18.3 Å². The number of benzene rings is 2. The molecule has 190 valence electrons. The highest BCUT2D eigenvalue weighted by atomic mass is 19.4. The summed E-state index contributed by atoms with van der Waals surface area (Å²) in [5.41, 5.74) is 7.55. The summed E-state index contributed by atoms with van der Waals surface area (Å²) >= 11 is 0. The number of nitrogens with two attached hydrogens (primary N) is 1. The minimum absolute atomic E-state index is 0.0503. The van der Waals surface area contributed by atoms with Crippen LogP contribution in [0.2, 0.25) is 0 Å². The molecule has 2 aromatic carbocycles. The first kappa shape index (κ1) is 24.2. The molecule has 2 aromatic heterocycles. The van der Waals surface area contributed by atoms with E-state index in [4.69, 9.17) is 5.73 Å². The van der Waals surface area contributed by atoms with E-state index >= 15 is 0 Å². The summed E-state index contributed by atoms with van der Waals surface area (Å²) in [6.45, 7) is 2.84. The molecule has 2 amide bonds. The zero-order valence-electron chi connectivity index (χ0n) is 19.6. The molecule has 3 heterocycles. The standard InChI is InChI=1S/C25H21F4N7O/c1-2-34-14-18(22(33-34)20-9-10-31-23(30)32-20)15-3-8-19(26)21(13-15)36-12-11-35(24(36)37)17-6-4-16(5-7-17)25(27,28)29/h3-10,13-14H,2,11-12H2,1H3,(H2,30,31,32). The van der Waals surface area contributed by atoms with Crippen LogP contribution >= 0.6 is 0 Å². The third-order valence-corrected chi connectivity index (χ3v) is 6.07. The van der Waals surface area contributed by atoms with Gasteiger partial charge in [-0.1, -0.05) is 6.07 Å². The fraction of sp³-hybridized carbons (Fsp3) is 0.200. The Morgan fingerprint density at radius 1 is 1.03 bits per heavy atom.